The monoisotopic (exact) mass is 277 g/mol. The number of carboxylic acid groups (broad SMARTS) is 1. The van der Waals surface area contributed by atoms with Crippen molar-refractivity contribution in [1.29, 1.82) is 0 Å². The maximum atomic E-state index is 11.3. The molecule has 6 nitrogen and oxygen atoms in total. The molecular formula is C14H19N3O3. The number of aromatic nitrogens is 1. The van der Waals surface area contributed by atoms with Crippen LogP contribution in [0.5, 0.6) is 0 Å². The second-order valence-electron chi connectivity index (χ2n) is 5.11. The molecule has 1 aliphatic heterocycles. The lowest BCUT2D eigenvalue weighted by Gasteiger charge is -2.34. The molecule has 108 valence electrons. The second kappa shape index (κ2) is 5.90. The van der Waals surface area contributed by atoms with E-state index in [1.54, 1.807) is 0 Å². The number of amides is 1. The topological polar surface area (TPSA) is 82.5 Å². The number of hydrogen-bond acceptors (Lipinski definition) is 4. The van der Waals surface area contributed by atoms with E-state index in [4.69, 9.17) is 0 Å². The highest BCUT2D eigenvalue weighted by molar-refractivity contribution is 5.94. The van der Waals surface area contributed by atoms with Gasteiger partial charge in [-0.05, 0) is 25.8 Å². The SMILES string of the molecule is CC(=O)NC1CCN(c2cc(C)ncc2C(=O)O)CC1. The molecule has 1 amide bonds. The molecular weight excluding hydrogens is 258 g/mol. The number of piperidine rings is 1. The van der Waals surface area contributed by atoms with Crippen LogP contribution in [-0.4, -0.2) is 41.1 Å². The van der Waals surface area contributed by atoms with E-state index in [0.717, 1.165) is 31.6 Å². The number of nitrogens with zero attached hydrogens (tertiary/aromatic N) is 2. The van der Waals surface area contributed by atoms with Crippen molar-refractivity contribution < 1.29 is 14.7 Å². The lowest BCUT2D eigenvalue weighted by Crippen LogP contribution is -2.44. The highest BCUT2D eigenvalue weighted by Gasteiger charge is 2.23. The van der Waals surface area contributed by atoms with Gasteiger partial charge in [-0.15, -0.1) is 0 Å². The van der Waals surface area contributed by atoms with Crippen LogP contribution in [0.3, 0.4) is 0 Å². The smallest absolute Gasteiger partial charge is 0.339 e. The minimum Gasteiger partial charge on any atom is -0.478 e. The predicted octanol–water partition coefficient (Wildman–Crippen LogP) is 1.19. The Bertz CT molecular complexity index is 522. The van der Waals surface area contributed by atoms with Gasteiger partial charge in [-0.25, -0.2) is 4.79 Å². The fraction of sp³-hybridized carbons (Fsp3) is 0.500. The van der Waals surface area contributed by atoms with E-state index >= 15 is 0 Å². The zero-order chi connectivity index (χ0) is 14.7. The molecule has 6 heteroatoms. The van der Waals surface area contributed by atoms with Gasteiger partial charge >= 0.3 is 5.97 Å². The Morgan fingerprint density at radius 3 is 2.60 bits per heavy atom. The van der Waals surface area contributed by atoms with Crippen molar-refractivity contribution >= 4 is 17.6 Å². The van der Waals surface area contributed by atoms with Gasteiger partial charge in [0.15, 0.2) is 0 Å². The summed E-state index contributed by atoms with van der Waals surface area (Å²) in [4.78, 5) is 28.4. The molecule has 2 N–H and O–H groups in total. The van der Waals surface area contributed by atoms with Crippen molar-refractivity contribution in [2.75, 3.05) is 18.0 Å². The average molecular weight is 277 g/mol. The van der Waals surface area contributed by atoms with Gasteiger partial charge in [0, 0.05) is 37.9 Å². The van der Waals surface area contributed by atoms with Crippen LogP contribution in [0, 0.1) is 6.92 Å². The third-order valence-electron chi connectivity index (χ3n) is 3.49. The standard InChI is InChI=1S/C14H19N3O3/c1-9-7-13(12(8-15-9)14(19)20)17-5-3-11(4-6-17)16-10(2)18/h7-8,11H,3-6H2,1-2H3,(H,16,18)(H,19,20). The Morgan fingerprint density at radius 2 is 2.05 bits per heavy atom. The Labute approximate surface area is 117 Å². The van der Waals surface area contributed by atoms with E-state index in [-0.39, 0.29) is 17.5 Å². The molecule has 0 saturated carbocycles. The summed E-state index contributed by atoms with van der Waals surface area (Å²) in [6.07, 6.45) is 3.05. The Kier molecular flexibility index (Phi) is 4.22. The highest BCUT2D eigenvalue weighted by Crippen LogP contribution is 2.24. The van der Waals surface area contributed by atoms with E-state index in [1.807, 2.05) is 13.0 Å². The quantitative estimate of drug-likeness (QED) is 0.867. The predicted molar refractivity (Wildman–Crippen MR) is 75.0 cm³/mol. The summed E-state index contributed by atoms with van der Waals surface area (Å²) >= 11 is 0. The van der Waals surface area contributed by atoms with Crippen LogP contribution in [0.1, 0.15) is 35.8 Å². The van der Waals surface area contributed by atoms with Crippen LogP contribution in [0.2, 0.25) is 0 Å². The van der Waals surface area contributed by atoms with Crippen LogP contribution in [0.4, 0.5) is 5.69 Å². The molecule has 1 aromatic rings. The van der Waals surface area contributed by atoms with Crippen molar-refractivity contribution in [3.05, 3.63) is 23.5 Å². The van der Waals surface area contributed by atoms with Crippen molar-refractivity contribution in [3.8, 4) is 0 Å². The van der Waals surface area contributed by atoms with Crippen molar-refractivity contribution in [2.45, 2.75) is 32.7 Å². The fourth-order valence-electron chi connectivity index (χ4n) is 2.52. The zero-order valence-corrected chi connectivity index (χ0v) is 11.7. The number of pyridine rings is 1. The molecule has 2 rings (SSSR count). The molecule has 0 radical (unpaired) electrons. The summed E-state index contributed by atoms with van der Waals surface area (Å²) < 4.78 is 0. The number of anilines is 1. The number of aromatic carboxylic acids is 1. The van der Waals surface area contributed by atoms with Crippen molar-refractivity contribution in [2.24, 2.45) is 0 Å². The number of nitrogens with one attached hydrogen (secondary N) is 1. The molecule has 0 spiro atoms. The molecule has 0 aliphatic carbocycles. The van der Waals surface area contributed by atoms with Crippen LogP contribution < -0.4 is 10.2 Å². The third-order valence-corrected chi connectivity index (χ3v) is 3.49. The largest absolute Gasteiger partial charge is 0.478 e. The van der Waals surface area contributed by atoms with Gasteiger partial charge in [-0.3, -0.25) is 9.78 Å². The fourth-order valence-corrected chi connectivity index (χ4v) is 2.52. The molecule has 20 heavy (non-hydrogen) atoms. The number of aryl methyl sites for hydroxylation is 1. The normalized spacial score (nSPS) is 16.0. The van der Waals surface area contributed by atoms with Gasteiger partial charge in [0.1, 0.15) is 5.56 Å². The second-order valence-corrected chi connectivity index (χ2v) is 5.11. The Hall–Kier alpha value is -2.11. The first-order valence-electron chi connectivity index (χ1n) is 6.69. The molecule has 2 heterocycles. The molecule has 1 aliphatic rings. The van der Waals surface area contributed by atoms with Crippen LogP contribution in [0.25, 0.3) is 0 Å². The summed E-state index contributed by atoms with van der Waals surface area (Å²) in [5.41, 5.74) is 1.74. The number of rotatable bonds is 3. The van der Waals surface area contributed by atoms with Crippen LogP contribution >= 0.6 is 0 Å². The number of carboxylic acids is 1. The summed E-state index contributed by atoms with van der Waals surface area (Å²) in [6, 6.07) is 1.99. The van der Waals surface area contributed by atoms with Gasteiger partial charge in [0.05, 0.1) is 5.69 Å². The zero-order valence-electron chi connectivity index (χ0n) is 11.7. The van der Waals surface area contributed by atoms with Crippen molar-refractivity contribution in [3.63, 3.8) is 0 Å². The first-order chi connectivity index (χ1) is 9.47. The van der Waals surface area contributed by atoms with E-state index < -0.39 is 5.97 Å². The summed E-state index contributed by atoms with van der Waals surface area (Å²) in [6.45, 7) is 4.82. The summed E-state index contributed by atoms with van der Waals surface area (Å²) in [5.74, 6) is -0.981. The van der Waals surface area contributed by atoms with E-state index in [9.17, 15) is 14.7 Å². The molecule has 1 fully saturated rings. The number of hydrogen-bond donors (Lipinski definition) is 2. The molecule has 0 bridgehead atoms. The molecule has 0 unspecified atom stereocenters. The Morgan fingerprint density at radius 1 is 1.40 bits per heavy atom. The minimum atomic E-state index is -0.962. The van der Waals surface area contributed by atoms with Gasteiger partial charge in [-0.1, -0.05) is 0 Å². The lowest BCUT2D eigenvalue weighted by atomic mass is 10.0. The van der Waals surface area contributed by atoms with Gasteiger partial charge in [0.25, 0.3) is 0 Å². The maximum Gasteiger partial charge on any atom is 0.339 e. The molecule has 0 atom stereocenters. The van der Waals surface area contributed by atoms with Gasteiger partial charge in [-0.2, -0.15) is 0 Å². The molecule has 0 aromatic carbocycles. The maximum absolute atomic E-state index is 11.3. The number of carbonyl (C=O) groups is 2. The third kappa shape index (κ3) is 3.26. The summed E-state index contributed by atoms with van der Waals surface area (Å²) in [7, 11) is 0. The first-order valence-corrected chi connectivity index (χ1v) is 6.69. The van der Waals surface area contributed by atoms with E-state index in [2.05, 4.69) is 15.2 Å². The summed E-state index contributed by atoms with van der Waals surface area (Å²) in [5, 5.41) is 12.1. The average Bonchev–Trinajstić information content (AvgIpc) is 2.38. The Balaban J connectivity index is 2.12. The van der Waals surface area contributed by atoms with E-state index in [0.29, 0.717) is 5.69 Å². The van der Waals surface area contributed by atoms with Crippen LogP contribution in [-0.2, 0) is 4.79 Å². The van der Waals surface area contributed by atoms with E-state index in [1.165, 1.54) is 13.1 Å². The van der Waals surface area contributed by atoms with Crippen molar-refractivity contribution in [1.82, 2.24) is 10.3 Å². The lowest BCUT2D eigenvalue weighted by molar-refractivity contribution is -0.119. The molecule has 1 saturated heterocycles. The van der Waals surface area contributed by atoms with Gasteiger partial charge in [0.2, 0.25) is 5.91 Å². The minimum absolute atomic E-state index is 0.0190. The van der Waals surface area contributed by atoms with Crippen LogP contribution in [0.15, 0.2) is 12.3 Å². The first kappa shape index (κ1) is 14.3. The molecule has 1 aromatic heterocycles. The highest BCUT2D eigenvalue weighted by atomic mass is 16.4. The number of carbonyl (C=O) groups excluding carboxylic acids is 1. The van der Waals surface area contributed by atoms with Gasteiger partial charge < -0.3 is 15.3 Å².